The highest BCUT2D eigenvalue weighted by Crippen LogP contribution is 2.49. The molecular weight excluding hydrogens is 250 g/mol. The third kappa shape index (κ3) is 1.48. The van der Waals surface area contributed by atoms with E-state index in [1.807, 2.05) is 13.8 Å². The summed E-state index contributed by atoms with van der Waals surface area (Å²) in [5, 5.41) is 6.73. The summed E-state index contributed by atoms with van der Waals surface area (Å²) in [5.41, 5.74) is 0.668. The van der Waals surface area contributed by atoms with Gasteiger partial charge in [-0.1, -0.05) is 13.8 Å². The molecule has 1 N–H and O–H groups in total. The molecule has 5 nitrogen and oxygen atoms in total. The molecule has 100 valence electrons. The van der Waals surface area contributed by atoms with Crippen LogP contribution in [0.3, 0.4) is 0 Å². The smallest absolute Gasteiger partial charge is 0.246 e. The van der Waals surface area contributed by atoms with Gasteiger partial charge in [0.15, 0.2) is 0 Å². The topological polar surface area (TPSA) is 66.1 Å². The fraction of sp³-hybridized carbons (Fsp3) is 0.750. The minimum absolute atomic E-state index is 0.0512. The predicted octanol–water partition coefficient (Wildman–Crippen LogP) is 1.85. The summed E-state index contributed by atoms with van der Waals surface area (Å²) in [7, 11) is -3.36. The van der Waals surface area contributed by atoms with E-state index in [1.54, 1.807) is 4.31 Å². The minimum Gasteiger partial charge on any atom is -0.281 e. The van der Waals surface area contributed by atoms with Gasteiger partial charge in [0.05, 0.1) is 11.9 Å². The molecule has 0 unspecified atom stereocenters. The summed E-state index contributed by atoms with van der Waals surface area (Å²) >= 11 is 0. The van der Waals surface area contributed by atoms with E-state index in [1.165, 1.54) is 6.20 Å². The van der Waals surface area contributed by atoms with Crippen molar-refractivity contribution in [3.63, 3.8) is 0 Å². The third-order valence-corrected chi connectivity index (χ3v) is 6.40. The number of sulfonamides is 1. The van der Waals surface area contributed by atoms with E-state index in [0.29, 0.717) is 11.4 Å². The van der Waals surface area contributed by atoms with Crippen LogP contribution in [0.4, 0.5) is 0 Å². The predicted molar refractivity (Wildman–Crippen MR) is 67.8 cm³/mol. The lowest BCUT2D eigenvalue weighted by molar-refractivity contribution is -0.00300. The van der Waals surface area contributed by atoms with Crippen molar-refractivity contribution in [2.75, 3.05) is 6.54 Å². The second-order valence-corrected chi connectivity index (χ2v) is 7.54. The molecule has 0 amide bonds. The normalized spacial score (nSPS) is 23.1. The molecular formula is C12H19N3O2S. The molecule has 2 heterocycles. The summed E-state index contributed by atoms with van der Waals surface area (Å²) in [5.74, 6) is 0.135. The Balaban J connectivity index is 1.97. The average Bonchev–Trinajstić information content (AvgIpc) is 2.60. The van der Waals surface area contributed by atoms with Crippen molar-refractivity contribution in [2.24, 2.45) is 0 Å². The average molecular weight is 269 g/mol. The minimum atomic E-state index is -3.36. The monoisotopic (exact) mass is 269 g/mol. The fourth-order valence-electron chi connectivity index (χ4n) is 3.00. The fourth-order valence-corrected chi connectivity index (χ4v) is 5.10. The molecule has 0 radical (unpaired) electrons. The molecule has 0 aromatic carbocycles. The Hall–Kier alpha value is -0.880. The van der Waals surface area contributed by atoms with Crippen molar-refractivity contribution in [2.45, 2.75) is 55.9 Å². The molecule has 1 aliphatic carbocycles. The summed E-state index contributed by atoms with van der Waals surface area (Å²) < 4.78 is 27.0. The molecule has 1 spiro atoms. The Morgan fingerprint density at radius 2 is 2.11 bits per heavy atom. The van der Waals surface area contributed by atoms with Crippen LogP contribution < -0.4 is 0 Å². The van der Waals surface area contributed by atoms with E-state index in [4.69, 9.17) is 0 Å². The Labute approximate surface area is 108 Å². The van der Waals surface area contributed by atoms with Gasteiger partial charge in [0.1, 0.15) is 4.90 Å². The number of hydrogen-bond acceptors (Lipinski definition) is 3. The molecule has 1 saturated carbocycles. The van der Waals surface area contributed by atoms with Crippen molar-refractivity contribution in [1.29, 1.82) is 0 Å². The second kappa shape index (κ2) is 3.81. The maximum atomic E-state index is 12.7. The van der Waals surface area contributed by atoms with Crippen molar-refractivity contribution >= 4 is 10.0 Å². The molecule has 1 aliphatic heterocycles. The number of nitrogens with zero attached hydrogens (tertiary/aromatic N) is 2. The van der Waals surface area contributed by atoms with Gasteiger partial charge in [0, 0.05) is 12.1 Å². The second-order valence-electron chi connectivity index (χ2n) is 5.71. The molecule has 1 aromatic heterocycles. The molecule has 0 atom stereocenters. The quantitative estimate of drug-likeness (QED) is 0.910. The Morgan fingerprint density at radius 1 is 1.39 bits per heavy atom. The third-order valence-electron chi connectivity index (χ3n) is 4.37. The maximum Gasteiger partial charge on any atom is 0.246 e. The van der Waals surface area contributed by atoms with Crippen LogP contribution in [-0.2, 0) is 10.0 Å². The van der Waals surface area contributed by atoms with Crippen molar-refractivity contribution in [3.05, 3.63) is 11.9 Å². The van der Waals surface area contributed by atoms with E-state index in [0.717, 1.165) is 31.4 Å². The summed E-state index contributed by atoms with van der Waals surface area (Å²) in [6.45, 7) is 4.61. The standard InChI is InChI=1S/C12H19N3O2S/c1-9(2)11-10(8-13-14-11)18(16,17)15-7-6-12(15)4-3-5-12/h8-9H,3-7H2,1-2H3,(H,13,14). The van der Waals surface area contributed by atoms with Crippen LogP contribution in [0.2, 0.25) is 0 Å². The zero-order valence-corrected chi connectivity index (χ0v) is 11.6. The highest BCUT2D eigenvalue weighted by atomic mass is 32.2. The van der Waals surface area contributed by atoms with E-state index < -0.39 is 10.0 Å². The first-order valence-electron chi connectivity index (χ1n) is 6.53. The largest absolute Gasteiger partial charge is 0.281 e. The van der Waals surface area contributed by atoms with Gasteiger partial charge in [-0.3, -0.25) is 5.10 Å². The van der Waals surface area contributed by atoms with E-state index >= 15 is 0 Å². The molecule has 6 heteroatoms. The number of aromatic amines is 1. The SMILES string of the molecule is CC(C)c1[nH]ncc1S(=O)(=O)N1CCC12CCC2. The Kier molecular flexibility index (Phi) is 2.57. The lowest BCUT2D eigenvalue weighted by Gasteiger charge is -2.57. The maximum absolute atomic E-state index is 12.7. The van der Waals surface area contributed by atoms with Crippen LogP contribution in [0, 0.1) is 0 Å². The zero-order valence-electron chi connectivity index (χ0n) is 10.8. The zero-order chi connectivity index (χ0) is 13.0. The van der Waals surface area contributed by atoms with Crippen LogP contribution in [-0.4, -0.2) is 35.0 Å². The van der Waals surface area contributed by atoms with Gasteiger partial charge < -0.3 is 0 Å². The van der Waals surface area contributed by atoms with Gasteiger partial charge in [-0.15, -0.1) is 0 Å². The van der Waals surface area contributed by atoms with Gasteiger partial charge in [-0.25, -0.2) is 8.42 Å². The first-order valence-corrected chi connectivity index (χ1v) is 7.97. The molecule has 2 aliphatic rings. The van der Waals surface area contributed by atoms with Gasteiger partial charge >= 0.3 is 0 Å². The van der Waals surface area contributed by atoms with Crippen LogP contribution in [0.5, 0.6) is 0 Å². The first-order chi connectivity index (χ1) is 8.47. The van der Waals surface area contributed by atoms with Crippen molar-refractivity contribution < 1.29 is 8.42 Å². The van der Waals surface area contributed by atoms with Gasteiger partial charge in [-0.2, -0.15) is 9.40 Å². The summed E-state index contributed by atoms with van der Waals surface area (Å²) in [4.78, 5) is 0.364. The van der Waals surface area contributed by atoms with Gasteiger partial charge in [0.25, 0.3) is 0 Å². The molecule has 1 saturated heterocycles. The van der Waals surface area contributed by atoms with Crippen LogP contribution in [0.1, 0.15) is 51.1 Å². The van der Waals surface area contributed by atoms with Crippen LogP contribution in [0.15, 0.2) is 11.1 Å². The Bertz CT molecular complexity index is 552. The number of rotatable bonds is 3. The lowest BCUT2D eigenvalue weighted by Crippen LogP contribution is -2.65. The van der Waals surface area contributed by atoms with E-state index in [9.17, 15) is 8.42 Å². The summed E-state index contributed by atoms with van der Waals surface area (Å²) in [6.07, 6.45) is 5.65. The lowest BCUT2D eigenvalue weighted by atomic mass is 9.70. The van der Waals surface area contributed by atoms with E-state index in [2.05, 4.69) is 10.2 Å². The Morgan fingerprint density at radius 3 is 2.56 bits per heavy atom. The number of nitrogens with one attached hydrogen (secondary N) is 1. The van der Waals surface area contributed by atoms with Gasteiger partial charge in [0.2, 0.25) is 10.0 Å². The van der Waals surface area contributed by atoms with Crippen LogP contribution in [0.25, 0.3) is 0 Å². The number of hydrogen-bond donors (Lipinski definition) is 1. The number of aromatic nitrogens is 2. The highest BCUT2D eigenvalue weighted by Gasteiger charge is 2.55. The van der Waals surface area contributed by atoms with Gasteiger partial charge in [-0.05, 0) is 31.6 Å². The molecule has 2 fully saturated rings. The summed E-state index contributed by atoms with van der Waals surface area (Å²) in [6, 6.07) is 0. The van der Waals surface area contributed by atoms with Crippen molar-refractivity contribution in [1.82, 2.24) is 14.5 Å². The molecule has 18 heavy (non-hydrogen) atoms. The molecule has 0 bridgehead atoms. The molecule has 3 rings (SSSR count). The highest BCUT2D eigenvalue weighted by molar-refractivity contribution is 7.89. The van der Waals surface area contributed by atoms with Crippen LogP contribution >= 0.6 is 0 Å². The number of H-pyrrole nitrogens is 1. The van der Waals surface area contributed by atoms with E-state index in [-0.39, 0.29) is 11.5 Å². The molecule has 1 aromatic rings. The van der Waals surface area contributed by atoms with Crippen molar-refractivity contribution in [3.8, 4) is 0 Å². The first kappa shape index (κ1) is 12.2.